The highest BCUT2D eigenvalue weighted by atomic mass is 32.2. The van der Waals surface area contributed by atoms with E-state index >= 15 is 0 Å². The SMILES string of the molecule is C=C1CN(S(=O)(=O)c2ccc(C)cc2)CC=C1N(C)S(=O)(=O)c1ccc(C)cc1. The third-order valence-electron chi connectivity index (χ3n) is 4.90. The van der Waals surface area contributed by atoms with Gasteiger partial charge >= 0.3 is 0 Å². The molecule has 0 atom stereocenters. The van der Waals surface area contributed by atoms with Crippen molar-refractivity contribution in [3.63, 3.8) is 0 Å². The quantitative estimate of drug-likeness (QED) is 0.728. The van der Waals surface area contributed by atoms with Gasteiger partial charge in [-0.1, -0.05) is 42.0 Å². The molecule has 1 aliphatic rings. The maximum Gasteiger partial charge on any atom is 0.264 e. The molecule has 6 nitrogen and oxygen atoms in total. The zero-order valence-electron chi connectivity index (χ0n) is 16.7. The van der Waals surface area contributed by atoms with E-state index in [0.717, 1.165) is 15.4 Å². The maximum atomic E-state index is 12.9. The first-order valence-electron chi connectivity index (χ1n) is 9.04. The lowest BCUT2D eigenvalue weighted by Gasteiger charge is -2.31. The molecule has 0 aromatic heterocycles. The molecule has 1 aliphatic heterocycles. The lowest BCUT2D eigenvalue weighted by Crippen LogP contribution is -2.39. The molecule has 0 fully saturated rings. The molecule has 154 valence electrons. The zero-order chi connectivity index (χ0) is 21.4. The van der Waals surface area contributed by atoms with Crippen molar-refractivity contribution < 1.29 is 16.8 Å². The van der Waals surface area contributed by atoms with Crippen LogP contribution >= 0.6 is 0 Å². The average Bonchev–Trinajstić information content (AvgIpc) is 2.68. The number of sulfonamides is 2. The van der Waals surface area contributed by atoms with E-state index in [0.29, 0.717) is 11.3 Å². The molecule has 2 aromatic carbocycles. The van der Waals surface area contributed by atoms with Crippen LogP contribution in [-0.2, 0) is 20.0 Å². The van der Waals surface area contributed by atoms with E-state index in [1.807, 2.05) is 13.8 Å². The first-order valence-corrected chi connectivity index (χ1v) is 11.9. The van der Waals surface area contributed by atoms with Gasteiger partial charge in [0, 0.05) is 20.1 Å². The second-order valence-corrected chi connectivity index (χ2v) is 11.0. The van der Waals surface area contributed by atoms with Gasteiger partial charge in [0.2, 0.25) is 10.0 Å². The smallest absolute Gasteiger partial charge is 0.264 e. The largest absolute Gasteiger partial charge is 0.269 e. The molecular weight excluding hydrogens is 408 g/mol. The Hall–Kier alpha value is -2.42. The van der Waals surface area contributed by atoms with Gasteiger partial charge in [-0.15, -0.1) is 0 Å². The van der Waals surface area contributed by atoms with Crippen LogP contribution in [0.1, 0.15) is 11.1 Å². The van der Waals surface area contributed by atoms with Gasteiger partial charge in [0.15, 0.2) is 0 Å². The van der Waals surface area contributed by atoms with Crippen molar-refractivity contribution in [2.24, 2.45) is 0 Å². The number of nitrogens with zero attached hydrogens (tertiary/aromatic N) is 2. The monoisotopic (exact) mass is 432 g/mol. The predicted molar refractivity (Wildman–Crippen MR) is 113 cm³/mol. The van der Waals surface area contributed by atoms with Crippen LogP contribution in [0.2, 0.25) is 0 Å². The minimum atomic E-state index is -3.76. The van der Waals surface area contributed by atoms with Crippen molar-refractivity contribution in [3.05, 3.63) is 83.6 Å². The topological polar surface area (TPSA) is 74.8 Å². The highest BCUT2D eigenvalue weighted by molar-refractivity contribution is 7.89. The summed E-state index contributed by atoms with van der Waals surface area (Å²) in [7, 11) is -6.00. The number of benzene rings is 2. The summed E-state index contributed by atoms with van der Waals surface area (Å²) in [5.74, 6) is 0. The Morgan fingerprint density at radius 2 is 1.34 bits per heavy atom. The summed E-state index contributed by atoms with van der Waals surface area (Å²) in [5.41, 5.74) is 2.76. The van der Waals surface area contributed by atoms with E-state index in [2.05, 4.69) is 6.58 Å². The normalized spacial score (nSPS) is 15.8. The van der Waals surface area contributed by atoms with Crippen LogP contribution in [0.15, 0.2) is 82.2 Å². The Labute approximate surface area is 172 Å². The lowest BCUT2D eigenvalue weighted by molar-refractivity contribution is 0.444. The summed E-state index contributed by atoms with van der Waals surface area (Å²) in [6.07, 6.45) is 1.59. The number of hydrogen-bond acceptors (Lipinski definition) is 4. The minimum Gasteiger partial charge on any atom is -0.269 e. The second-order valence-electron chi connectivity index (χ2n) is 7.09. The molecule has 0 amide bonds. The third-order valence-corrected chi connectivity index (χ3v) is 8.51. The molecule has 8 heteroatoms. The van der Waals surface area contributed by atoms with Crippen molar-refractivity contribution in [2.45, 2.75) is 23.6 Å². The molecular formula is C21H24N2O4S2. The number of likely N-dealkylation sites (N-methyl/N-ethyl adjacent to an activating group) is 1. The summed E-state index contributed by atoms with van der Waals surface area (Å²) >= 11 is 0. The molecule has 3 rings (SSSR count). The van der Waals surface area contributed by atoms with E-state index in [1.165, 1.54) is 11.4 Å². The average molecular weight is 433 g/mol. The summed E-state index contributed by atoms with van der Waals surface area (Å²) in [6, 6.07) is 13.2. The van der Waals surface area contributed by atoms with Gasteiger partial charge in [-0.3, -0.25) is 4.31 Å². The summed E-state index contributed by atoms with van der Waals surface area (Å²) in [6.45, 7) is 7.79. The Morgan fingerprint density at radius 1 is 0.862 bits per heavy atom. The Balaban J connectivity index is 1.86. The lowest BCUT2D eigenvalue weighted by atomic mass is 10.1. The molecule has 0 unspecified atom stereocenters. The predicted octanol–water partition coefficient (Wildman–Crippen LogP) is 3.07. The summed E-state index contributed by atoms with van der Waals surface area (Å²) < 4.78 is 54.1. The van der Waals surface area contributed by atoms with Crippen molar-refractivity contribution in [2.75, 3.05) is 20.1 Å². The molecule has 0 aliphatic carbocycles. The van der Waals surface area contributed by atoms with E-state index in [4.69, 9.17) is 0 Å². The molecule has 0 bridgehead atoms. The molecule has 0 spiro atoms. The van der Waals surface area contributed by atoms with E-state index < -0.39 is 20.0 Å². The summed E-state index contributed by atoms with van der Waals surface area (Å²) in [5, 5.41) is 0. The Kier molecular flexibility index (Phi) is 5.71. The number of rotatable bonds is 5. The maximum absolute atomic E-state index is 12.9. The highest BCUT2D eigenvalue weighted by Gasteiger charge is 2.31. The third kappa shape index (κ3) is 4.14. The first-order chi connectivity index (χ1) is 13.5. The van der Waals surface area contributed by atoms with Gasteiger partial charge in [-0.05, 0) is 49.8 Å². The van der Waals surface area contributed by atoms with Gasteiger partial charge < -0.3 is 0 Å². The van der Waals surface area contributed by atoms with Crippen molar-refractivity contribution in [3.8, 4) is 0 Å². The zero-order valence-corrected chi connectivity index (χ0v) is 18.3. The Bertz CT molecular complexity index is 1160. The summed E-state index contributed by atoms with van der Waals surface area (Å²) in [4.78, 5) is 0.377. The Morgan fingerprint density at radius 3 is 1.83 bits per heavy atom. The number of aryl methyl sites for hydroxylation is 2. The van der Waals surface area contributed by atoms with Gasteiger partial charge in [-0.2, -0.15) is 4.31 Å². The van der Waals surface area contributed by atoms with Crippen molar-refractivity contribution in [1.29, 1.82) is 0 Å². The molecule has 2 aromatic rings. The standard InChI is InChI=1S/C21H24N2O4S2/c1-16-5-9-19(10-6-16)28(24,25)22(4)21-13-14-23(15-18(21)3)29(26,27)20-11-7-17(2)8-12-20/h5-13H,3,14-15H2,1-2,4H3. The fourth-order valence-electron chi connectivity index (χ4n) is 3.08. The van der Waals surface area contributed by atoms with Crippen LogP contribution in [0.3, 0.4) is 0 Å². The van der Waals surface area contributed by atoms with Crippen LogP contribution in [0.5, 0.6) is 0 Å². The molecule has 0 N–H and O–H groups in total. The van der Waals surface area contributed by atoms with Gasteiger partial charge in [0.25, 0.3) is 10.0 Å². The van der Waals surface area contributed by atoms with Crippen LogP contribution in [0.25, 0.3) is 0 Å². The molecule has 1 heterocycles. The number of hydrogen-bond donors (Lipinski definition) is 0. The van der Waals surface area contributed by atoms with Crippen molar-refractivity contribution >= 4 is 20.0 Å². The van der Waals surface area contributed by atoms with Crippen LogP contribution in [0.4, 0.5) is 0 Å². The first kappa shape index (κ1) is 21.3. The van der Waals surface area contributed by atoms with E-state index in [9.17, 15) is 16.8 Å². The fourth-order valence-corrected chi connectivity index (χ4v) is 5.72. The second kappa shape index (κ2) is 7.78. The van der Waals surface area contributed by atoms with Gasteiger partial charge in [0.1, 0.15) is 0 Å². The minimum absolute atomic E-state index is 0.0236. The molecule has 29 heavy (non-hydrogen) atoms. The van der Waals surface area contributed by atoms with Gasteiger partial charge in [0.05, 0.1) is 15.5 Å². The molecule has 0 saturated heterocycles. The molecule has 0 saturated carbocycles. The molecule has 0 radical (unpaired) electrons. The van der Waals surface area contributed by atoms with E-state index in [1.54, 1.807) is 54.6 Å². The fraction of sp³-hybridized carbons (Fsp3) is 0.238. The van der Waals surface area contributed by atoms with E-state index in [-0.39, 0.29) is 22.9 Å². The van der Waals surface area contributed by atoms with Crippen LogP contribution in [0, 0.1) is 13.8 Å². The van der Waals surface area contributed by atoms with Crippen molar-refractivity contribution in [1.82, 2.24) is 8.61 Å². The van der Waals surface area contributed by atoms with Crippen LogP contribution in [-0.4, -0.2) is 45.6 Å². The van der Waals surface area contributed by atoms with Crippen LogP contribution < -0.4 is 0 Å². The van der Waals surface area contributed by atoms with Gasteiger partial charge in [-0.25, -0.2) is 16.8 Å². The highest BCUT2D eigenvalue weighted by Crippen LogP contribution is 2.28.